The molecule has 1 atom stereocenters. The predicted octanol–water partition coefficient (Wildman–Crippen LogP) is 0.324. The molecule has 92 valence electrons. The van der Waals surface area contributed by atoms with Crippen LogP contribution in [0.3, 0.4) is 0 Å². The Morgan fingerprint density at radius 3 is 3.11 bits per heavy atom. The number of nitrogens with zero attached hydrogens (tertiary/aromatic N) is 3. The monoisotopic (exact) mass is 244 g/mol. The summed E-state index contributed by atoms with van der Waals surface area (Å²) in [5.74, 6) is -0.136. The normalized spacial score (nSPS) is 18.7. The van der Waals surface area contributed by atoms with E-state index in [1.54, 1.807) is 6.07 Å². The molecule has 1 fully saturated rings. The number of rotatable bonds is 3. The fourth-order valence-electron chi connectivity index (χ4n) is 2.10. The fraction of sp³-hybridized carbons (Fsp3) is 0.333. The van der Waals surface area contributed by atoms with Gasteiger partial charge in [0.15, 0.2) is 0 Å². The lowest BCUT2D eigenvalue weighted by molar-refractivity contribution is -0.118. The maximum atomic E-state index is 11.8. The zero-order valence-electron chi connectivity index (χ0n) is 9.67. The van der Waals surface area contributed by atoms with Crippen molar-refractivity contribution < 1.29 is 9.59 Å². The second-order valence-electron chi connectivity index (χ2n) is 4.14. The zero-order valence-corrected chi connectivity index (χ0v) is 9.67. The summed E-state index contributed by atoms with van der Waals surface area (Å²) in [4.78, 5) is 28.3. The second kappa shape index (κ2) is 4.84. The number of anilines is 1. The third-order valence-corrected chi connectivity index (χ3v) is 2.88. The van der Waals surface area contributed by atoms with Gasteiger partial charge in [0.2, 0.25) is 11.8 Å². The standard InChI is InChI=1S/C12H12N4O2/c13-7-8-3-4-15-11(5-8)16-9(6-10(14)17)1-2-12(16)18/h3-5,9H,1-2,6H2,(H2,14,17). The summed E-state index contributed by atoms with van der Waals surface area (Å²) in [6.07, 6.45) is 2.54. The minimum absolute atomic E-state index is 0.0937. The van der Waals surface area contributed by atoms with E-state index in [1.807, 2.05) is 6.07 Å². The molecule has 0 radical (unpaired) electrons. The number of nitrogens with two attached hydrogens (primary N) is 1. The van der Waals surface area contributed by atoms with Crippen LogP contribution in [0.2, 0.25) is 0 Å². The quantitative estimate of drug-likeness (QED) is 0.827. The summed E-state index contributed by atoms with van der Waals surface area (Å²) in [5, 5.41) is 8.83. The molecule has 2 heterocycles. The van der Waals surface area contributed by atoms with E-state index in [9.17, 15) is 9.59 Å². The van der Waals surface area contributed by atoms with Crippen molar-refractivity contribution in [2.24, 2.45) is 5.73 Å². The second-order valence-corrected chi connectivity index (χ2v) is 4.14. The molecule has 0 spiro atoms. The van der Waals surface area contributed by atoms with Gasteiger partial charge in [0.05, 0.1) is 11.6 Å². The van der Waals surface area contributed by atoms with Gasteiger partial charge < -0.3 is 5.73 Å². The number of hydrogen-bond donors (Lipinski definition) is 1. The molecule has 1 aromatic heterocycles. The van der Waals surface area contributed by atoms with Crippen LogP contribution < -0.4 is 10.6 Å². The molecule has 1 aromatic rings. The Morgan fingerprint density at radius 1 is 1.67 bits per heavy atom. The summed E-state index contributed by atoms with van der Waals surface area (Å²) in [6.45, 7) is 0. The van der Waals surface area contributed by atoms with E-state index in [0.717, 1.165) is 0 Å². The average molecular weight is 244 g/mol. The van der Waals surface area contributed by atoms with Gasteiger partial charge in [-0.3, -0.25) is 14.5 Å². The van der Waals surface area contributed by atoms with Crippen molar-refractivity contribution in [3.8, 4) is 6.07 Å². The number of aromatic nitrogens is 1. The Morgan fingerprint density at radius 2 is 2.44 bits per heavy atom. The topological polar surface area (TPSA) is 100 Å². The number of carbonyl (C=O) groups is 2. The Labute approximate surface area is 104 Å². The van der Waals surface area contributed by atoms with Crippen LogP contribution in [0.15, 0.2) is 18.3 Å². The lowest BCUT2D eigenvalue weighted by atomic mass is 10.1. The first-order chi connectivity index (χ1) is 8.61. The zero-order chi connectivity index (χ0) is 13.1. The van der Waals surface area contributed by atoms with Crippen LogP contribution in [0.5, 0.6) is 0 Å². The molecule has 2 amide bonds. The molecule has 1 unspecified atom stereocenters. The van der Waals surface area contributed by atoms with E-state index in [4.69, 9.17) is 11.0 Å². The van der Waals surface area contributed by atoms with Crippen LogP contribution in [-0.2, 0) is 9.59 Å². The first kappa shape index (κ1) is 12.0. The summed E-state index contributed by atoms with van der Waals surface area (Å²) < 4.78 is 0. The Kier molecular flexibility index (Phi) is 3.24. The van der Waals surface area contributed by atoms with Gasteiger partial charge in [-0.25, -0.2) is 4.98 Å². The first-order valence-corrected chi connectivity index (χ1v) is 5.58. The highest BCUT2D eigenvalue weighted by molar-refractivity contribution is 5.96. The number of amides is 2. The molecule has 18 heavy (non-hydrogen) atoms. The molecule has 1 aliphatic rings. The largest absolute Gasteiger partial charge is 0.370 e. The number of pyridine rings is 1. The highest BCUT2D eigenvalue weighted by atomic mass is 16.2. The summed E-state index contributed by atoms with van der Waals surface area (Å²) in [7, 11) is 0. The molecule has 2 N–H and O–H groups in total. The van der Waals surface area contributed by atoms with Gasteiger partial charge >= 0.3 is 0 Å². The molecule has 0 bridgehead atoms. The highest BCUT2D eigenvalue weighted by Gasteiger charge is 2.33. The molecule has 2 rings (SSSR count). The lowest BCUT2D eigenvalue weighted by Crippen LogP contribution is -2.36. The Hall–Kier alpha value is -2.42. The van der Waals surface area contributed by atoms with Gasteiger partial charge in [0.1, 0.15) is 5.82 Å². The van der Waals surface area contributed by atoms with Crippen molar-refractivity contribution >= 4 is 17.6 Å². The van der Waals surface area contributed by atoms with Crippen molar-refractivity contribution in [2.45, 2.75) is 25.3 Å². The Balaban J connectivity index is 2.30. The molecule has 0 aliphatic carbocycles. The molecule has 1 saturated heterocycles. The van der Waals surface area contributed by atoms with E-state index in [-0.39, 0.29) is 18.4 Å². The van der Waals surface area contributed by atoms with Crippen LogP contribution >= 0.6 is 0 Å². The van der Waals surface area contributed by atoms with Gasteiger partial charge in [-0.1, -0.05) is 0 Å². The average Bonchev–Trinajstić information content (AvgIpc) is 2.70. The van der Waals surface area contributed by atoms with Crippen LogP contribution in [0, 0.1) is 11.3 Å². The van der Waals surface area contributed by atoms with Gasteiger partial charge in [-0.2, -0.15) is 5.26 Å². The van der Waals surface area contributed by atoms with Gasteiger partial charge in [-0.15, -0.1) is 0 Å². The maximum absolute atomic E-state index is 11.8. The van der Waals surface area contributed by atoms with Crippen molar-refractivity contribution in [1.29, 1.82) is 5.26 Å². The number of carbonyl (C=O) groups excluding carboxylic acids is 2. The predicted molar refractivity (Wildman–Crippen MR) is 63.3 cm³/mol. The van der Waals surface area contributed by atoms with Gasteiger partial charge in [-0.05, 0) is 18.6 Å². The maximum Gasteiger partial charge on any atom is 0.228 e. The van der Waals surface area contributed by atoms with E-state index in [0.29, 0.717) is 24.2 Å². The third kappa shape index (κ3) is 2.30. The molecular weight excluding hydrogens is 232 g/mol. The smallest absolute Gasteiger partial charge is 0.228 e. The molecule has 0 saturated carbocycles. The lowest BCUT2D eigenvalue weighted by Gasteiger charge is -2.22. The fourth-order valence-corrected chi connectivity index (χ4v) is 2.10. The molecule has 1 aliphatic heterocycles. The molecule has 6 nitrogen and oxygen atoms in total. The SMILES string of the molecule is N#Cc1ccnc(N2C(=O)CCC2CC(N)=O)c1. The van der Waals surface area contributed by atoms with E-state index in [2.05, 4.69) is 4.98 Å². The molecule has 0 aromatic carbocycles. The van der Waals surface area contributed by atoms with Gasteiger partial charge in [0.25, 0.3) is 0 Å². The van der Waals surface area contributed by atoms with E-state index >= 15 is 0 Å². The van der Waals surface area contributed by atoms with Crippen LogP contribution in [-0.4, -0.2) is 22.8 Å². The number of hydrogen-bond acceptors (Lipinski definition) is 4. The molecule has 6 heteroatoms. The van der Waals surface area contributed by atoms with Crippen LogP contribution in [0.4, 0.5) is 5.82 Å². The first-order valence-electron chi connectivity index (χ1n) is 5.58. The van der Waals surface area contributed by atoms with Crippen LogP contribution in [0.25, 0.3) is 0 Å². The minimum Gasteiger partial charge on any atom is -0.370 e. The summed E-state index contributed by atoms with van der Waals surface area (Å²) >= 11 is 0. The number of nitriles is 1. The van der Waals surface area contributed by atoms with E-state index in [1.165, 1.54) is 17.2 Å². The van der Waals surface area contributed by atoms with Crippen molar-refractivity contribution in [2.75, 3.05) is 4.90 Å². The van der Waals surface area contributed by atoms with Crippen molar-refractivity contribution in [1.82, 2.24) is 4.98 Å². The van der Waals surface area contributed by atoms with E-state index < -0.39 is 5.91 Å². The third-order valence-electron chi connectivity index (χ3n) is 2.88. The van der Waals surface area contributed by atoms with Crippen LogP contribution in [0.1, 0.15) is 24.8 Å². The van der Waals surface area contributed by atoms with Gasteiger partial charge in [0, 0.05) is 25.1 Å². The summed E-state index contributed by atoms with van der Waals surface area (Å²) in [6, 6.07) is 4.84. The Bertz CT molecular complexity index is 535. The summed E-state index contributed by atoms with van der Waals surface area (Å²) in [5.41, 5.74) is 5.59. The number of primary amides is 1. The van der Waals surface area contributed by atoms with Crippen molar-refractivity contribution in [3.05, 3.63) is 23.9 Å². The van der Waals surface area contributed by atoms with Crippen molar-refractivity contribution in [3.63, 3.8) is 0 Å². The minimum atomic E-state index is -0.448. The highest BCUT2D eigenvalue weighted by Crippen LogP contribution is 2.27. The molecular formula is C12H12N4O2.